The fraction of sp³-hybridized carbons (Fsp3) is 0.634. The van der Waals surface area contributed by atoms with Crippen molar-refractivity contribution in [2.24, 2.45) is 23.7 Å². The Labute approximate surface area is 599 Å². The molecule has 2 aromatic heterocycles. The van der Waals surface area contributed by atoms with Gasteiger partial charge >= 0.3 is 12.1 Å². The molecule has 0 spiro atoms. The SMILES string of the molecule is CCC(C)[C@@H]([C@@H](CC(=O)N1CCC[C@H]1[C@H](OC)[C@@H](C)C(=O)NC(Cc1ccccc1)C(=O)O)OC)N(C)C(=O)[C@@H](NC(=O)[C@H](C(C)C)N(C)C(=O)OCc1ccc(O[C@@H]2O[C@H](CO)[C@H](O)[C@H](O)[C@H]2O)c2cc(Cn3cc(COCCOCCOCCOCCN4C(=O)C=CC4=O)nn3)oc12)C(C)C. The topological polar surface area (TPSA) is 402 Å². The number of carboxylic acid groups (broad SMARTS) is 1. The van der Waals surface area contributed by atoms with Crippen LogP contribution in [-0.4, -0.2) is 275 Å². The van der Waals surface area contributed by atoms with Crippen LogP contribution in [0.5, 0.6) is 5.75 Å². The quantitative estimate of drug-likeness (QED) is 0.0247. The van der Waals surface area contributed by atoms with E-state index >= 15 is 0 Å². The molecule has 2 fully saturated rings. The summed E-state index contributed by atoms with van der Waals surface area (Å²) in [4.78, 5) is 113. The van der Waals surface area contributed by atoms with E-state index < -0.39 is 134 Å². The molecule has 32 heteroatoms. The number of benzene rings is 2. The highest BCUT2D eigenvalue weighted by molar-refractivity contribution is 6.12. The Morgan fingerprint density at radius 2 is 1.44 bits per heavy atom. The summed E-state index contributed by atoms with van der Waals surface area (Å²) in [6.45, 7) is 14.0. The predicted octanol–water partition coefficient (Wildman–Crippen LogP) is 2.21. The number of hydrogen-bond acceptors (Lipinski definition) is 24. The molecule has 2 saturated heterocycles. The van der Waals surface area contributed by atoms with Crippen molar-refractivity contribution in [2.45, 2.75) is 173 Å². The maximum Gasteiger partial charge on any atom is 0.410 e. The lowest BCUT2D eigenvalue weighted by atomic mass is 9.89. The third-order valence-electron chi connectivity index (χ3n) is 18.8. The zero-order valence-corrected chi connectivity index (χ0v) is 60.5. The molecule has 4 aromatic rings. The number of rotatable bonds is 42. The van der Waals surface area contributed by atoms with Crippen LogP contribution >= 0.6 is 0 Å². The molecule has 570 valence electrons. The van der Waals surface area contributed by atoms with Gasteiger partial charge in [-0.1, -0.05) is 90.4 Å². The average Bonchev–Trinajstić information content (AvgIpc) is 1.71. The number of hydrogen-bond donors (Lipinski definition) is 7. The largest absolute Gasteiger partial charge is 0.480 e. The number of aromatic nitrogens is 3. The number of likely N-dealkylation sites (N-methyl/N-ethyl adjacent to an activating group) is 2. The van der Waals surface area contributed by atoms with Gasteiger partial charge in [0, 0.05) is 59.0 Å². The second-order valence-corrected chi connectivity index (χ2v) is 26.7. The van der Waals surface area contributed by atoms with Crippen molar-refractivity contribution in [3.63, 3.8) is 0 Å². The minimum Gasteiger partial charge on any atom is -0.480 e. The number of fused-ring (bicyclic) bond motifs is 1. The van der Waals surface area contributed by atoms with Gasteiger partial charge in [-0.05, 0) is 54.4 Å². The highest BCUT2D eigenvalue weighted by Gasteiger charge is 2.47. The molecule has 32 nitrogen and oxygen atoms in total. The van der Waals surface area contributed by atoms with Crippen LogP contribution in [0.15, 0.2) is 71.3 Å². The van der Waals surface area contributed by atoms with E-state index in [1.807, 2.05) is 19.9 Å². The fourth-order valence-electron chi connectivity index (χ4n) is 13.0. The number of amides is 7. The van der Waals surface area contributed by atoms with Crippen molar-refractivity contribution in [3.8, 4) is 5.75 Å². The van der Waals surface area contributed by atoms with Crippen LogP contribution in [0.25, 0.3) is 11.0 Å². The molecular formula is C71H103N9O23. The van der Waals surface area contributed by atoms with Crippen LogP contribution in [0.1, 0.15) is 96.7 Å². The van der Waals surface area contributed by atoms with Gasteiger partial charge in [-0.2, -0.15) is 0 Å². The summed E-state index contributed by atoms with van der Waals surface area (Å²) < 4.78 is 59.8. The number of methoxy groups -OCH3 is 2. The van der Waals surface area contributed by atoms with Gasteiger partial charge in [0.1, 0.15) is 78.5 Å². The van der Waals surface area contributed by atoms with Crippen LogP contribution in [-0.2, 0) is 97.6 Å². The van der Waals surface area contributed by atoms with E-state index in [0.29, 0.717) is 68.0 Å². The van der Waals surface area contributed by atoms with Crippen LogP contribution in [0, 0.1) is 23.7 Å². The molecule has 0 saturated carbocycles. The van der Waals surface area contributed by atoms with Crippen molar-refractivity contribution in [3.05, 3.63) is 89.5 Å². The molecule has 7 amide bonds. The molecule has 14 atom stereocenters. The van der Waals surface area contributed by atoms with Crippen LogP contribution < -0.4 is 15.4 Å². The average molecular weight is 1450 g/mol. The van der Waals surface area contributed by atoms with Crippen molar-refractivity contribution in [1.82, 2.24) is 45.2 Å². The van der Waals surface area contributed by atoms with Gasteiger partial charge in [0.2, 0.25) is 29.9 Å². The number of imide groups is 1. The van der Waals surface area contributed by atoms with Gasteiger partial charge in [0.25, 0.3) is 11.8 Å². The Hall–Kier alpha value is -8.02. The summed E-state index contributed by atoms with van der Waals surface area (Å²) in [5.41, 5.74) is 1.71. The number of ether oxygens (including phenoxy) is 9. The molecule has 3 aliphatic rings. The Bertz CT molecular complexity index is 3440. The molecule has 3 aliphatic heterocycles. The normalized spacial score (nSPS) is 20.7. The Kier molecular flexibility index (Phi) is 31.7. The van der Waals surface area contributed by atoms with E-state index in [4.69, 9.17) is 47.0 Å². The zero-order valence-electron chi connectivity index (χ0n) is 60.5. The molecule has 2 aromatic carbocycles. The second kappa shape index (κ2) is 39.7. The number of carboxylic acids is 1. The molecule has 7 rings (SSSR count). The monoisotopic (exact) mass is 1450 g/mol. The third-order valence-corrected chi connectivity index (χ3v) is 18.8. The number of nitrogens with one attached hydrogen (secondary N) is 2. The first-order valence-corrected chi connectivity index (χ1v) is 34.9. The van der Waals surface area contributed by atoms with Gasteiger partial charge in [-0.25, -0.2) is 14.3 Å². The summed E-state index contributed by atoms with van der Waals surface area (Å²) >= 11 is 0. The van der Waals surface area contributed by atoms with Gasteiger partial charge in [-0.15, -0.1) is 5.10 Å². The summed E-state index contributed by atoms with van der Waals surface area (Å²) in [5.74, 6) is -5.56. The van der Waals surface area contributed by atoms with E-state index in [1.165, 1.54) is 55.1 Å². The van der Waals surface area contributed by atoms with Crippen molar-refractivity contribution in [2.75, 3.05) is 94.3 Å². The Morgan fingerprint density at radius 1 is 0.777 bits per heavy atom. The summed E-state index contributed by atoms with van der Waals surface area (Å²) in [6.07, 6.45) is -4.83. The summed E-state index contributed by atoms with van der Waals surface area (Å²) in [6, 6.07) is 8.87. The van der Waals surface area contributed by atoms with Gasteiger partial charge in [0.15, 0.2) is 0 Å². The number of carbonyl (C=O) groups excluding carboxylic acids is 7. The van der Waals surface area contributed by atoms with Crippen LogP contribution in [0.2, 0.25) is 0 Å². The second-order valence-electron chi connectivity index (χ2n) is 26.7. The van der Waals surface area contributed by atoms with Gasteiger partial charge in [0.05, 0.1) is 114 Å². The summed E-state index contributed by atoms with van der Waals surface area (Å²) in [5, 5.41) is 66.3. The zero-order chi connectivity index (χ0) is 75.2. The molecule has 0 bridgehead atoms. The Morgan fingerprint density at radius 3 is 2.05 bits per heavy atom. The molecular weight excluding hydrogens is 1350 g/mol. The lowest BCUT2D eigenvalue weighted by Gasteiger charge is -2.41. The first kappa shape index (κ1) is 82.3. The summed E-state index contributed by atoms with van der Waals surface area (Å²) in [7, 11) is 5.93. The lowest BCUT2D eigenvalue weighted by Crippen LogP contribution is -2.60. The lowest BCUT2D eigenvalue weighted by molar-refractivity contribution is -0.277. The molecule has 0 aliphatic carbocycles. The number of aliphatic carboxylic acids is 1. The van der Waals surface area contributed by atoms with Gasteiger partial charge in [-0.3, -0.25) is 38.6 Å². The number of aliphatic hydroxyl groups excluding tert-OH is 4. The van der Waals surface area contributed by atoms with Crippen LogP contribution in [0.4, 0.5) is 4.79 Å². The molecule has 0 radical (unpaired) electrons. The highest BCUT2D eigenvalue weighted by atomic mass is 16.7. The maximum absolute atomic E-state index is 15.0. The maximum atomic E-state index is 15.0. The van der Waals surface area contributed by atoms with E-state index in [0.717, 1.165) is 15.4 Å². The van der Waals surface area contributed by atoms with E-state index in [-0.39, 0.29) is 93.9 Å². The van der Waals surface area contributed by atoms with Gasteiger partial charge < -0.3 is 93.0 Å². The van der Waals surface area contributed by atoms with Crippen LogP contribution in [0.3, 0.4) is 0 Å². The molecule has 2 unspecified atom stereocenters. The standard InChI is InChI=1S/C71H103N9O23/c1-12-43(6)60(53(94-10)35-57(84)79-24-16-19-51(79)64(95-11)44(7)66(88)72-50(69(91)92)33-45-17-14-13-15-18-45)76(8)68(90)58(41(2)3)73-67(89)59(42(4)5)77(9)71(93)100-39-46-20-21-52(102-70-63(87)62(86)61(85)54(38-81)103-70)49-34-48(101-65(46)49)37-78-36-47(74-75-78)40-99-32-31-98-30-29-97-28-27-96-26-25-80-55(82)22-23-56(80)83/h13-15,17-18,20-23,34,36,41-44,50-51,53-54,58-64,70,81,85-87H,12,16,19,24-33,35,37-40H2,1-11H3,(H,72,88)(H,73,89)(H,91,92)/t43?,44-,50?,51+,53-,54-,58+,59+,60+,61+,62+,63-,64-,70-/m1/s1. The minimum absolute atomic E-state index is 0.0217. The molecule has 5 heterocycles. The minimum atomic E-state index is -1.75. The van der Waals surface area contributed by atoms with Crippen molar-refractivity contribution < 1.29 is 111 Å². The Balaban J connectivity index is 0.966. The van der Waals surface area contributed by atoms with E-state index in [1.54, 1.807) is 83.1 Å². The first-order chi connectivity index (χ1) is 49.2. The smallest absolute Gasteiger partial charge is 0.410 e. The predicted molar refractivity (Wildman–Crippen MR) is 367 cm³/mol. The number of aliphatic hydroxyl groups is 4. The van der Waals surface area contributed by atoms with E-state index in [2.05, 4.69) is 20.9 Å². The number of furan rings is 1. The highest BCUT2D eigenvalue weighted by Crippen LogP contribution is 2.36. The van der Waals surface area contributed by atoms with Crippen molar-refractivity contribution >= 4 is 58.5 Å². The molecule has 7 N–H and O–H groups in total. The number of likely N-dealkylation sites (tertiary alicyclic amines) is 1. The third kappa shape index (κ3) is 22.0. The van der Waals surface area contributed by atoms with Crippen molar-refractivity contribution in [1.29, 1.82) is 0 Å². The number of nitrogens with zero attached hydrogens (tertiary/aromatic N) is 7. The first-order valence-electron chi connectivity index (χ1n) is 34.9. The molecule has 103 heavy (non-hydrogen) atoms. The number of carbonyl (C=O) groups is 8. The van der Waals surface area contributed by atoms with E-state index in [9.17, 15) is 63.9 Å². The fourth-order valence-corrected chi connectivity index (χ4v) is 13.0.